The molecular formula is C11H12FN3O2S. The van der Waals surface area contributed by atoms with Crippen molar-refractivity contribution in [1.29, 1.82) is 0 Å². The molecule has 0 spiro atoms. The average Bonchev–Trinajstić information content (AvgIpc) is 2.79. The van der Waals surface area contributed by atoms with Crippen LogP contribution in [0.4, 0.5) is 10.3 Å². The quantitative estimate of drug-likeness (QED) is 0.841. The summed E-state index contributed by atoms with van der Waals surface area (Å²) in [4.78, 5) is 3.98. The molecule has 1 unspecified atom stereocenters. The van der Waals surface area contributed by atoms with Crippen molar-refractivity contribution in [2.24, 2.45) is 0 Å². The summed E-state index contributed by atoms with van der Waals surface area (Å²) in [5, 5.41) is 0. The predicted molar refractivity (Wildman–Crippen MR) is 66.4 cm³/mol. The predicted octanol–water partition coefficient (Wildman–Crippen LogP) is 1.12. The molecule has 2 N–H and O–H groups in total. The van der Waals surface area contributed by atoms with Crippen LogP contribution in [0.1, 0.15) is 12.5 Å². The molecule has 96 valence electrons. The number of halogens is 1. The summed E-state index contributed by atoms with van der Waals surface area (Å²) in [7, 11) is -3.01. The normalized spacial score (nSPS) is 22.6. The number of nitrogen functional groups attached to an aromatic ring is 1. The summed E-state index contributed by atoms with van der Waals surface area (Å²) in [5.74, 6) is -0.0957. The SMILES string of the molecule is Nc1nc2c(F)cccc2n1C1CCS(=O)(=O)C1. The van der Waals surface area contributed by atoms with E-state index >= 15 is 0 Å². The third kappa shape index (κ3) is 1.66. The number of nitrogens with two attached hydrogens (primary N) is 1. The molecule has 1 atom stereocenters. The zero-order valence-electron chi connectivity index (χ0n) is 9.51. The molecule has 0 saturated carbocycles. The van der Waals surface area contributed by atoms with E-state index in [9.17, 15) is 12.8 Å². The fourth-order valence-electron chi connectivity index (χ4n) is 2.46. The minimum absolute atomic E-state index is 0.0408. The van der Waals surface area contributed by atoms with Crippen LogP contribution in [-0.4, -0.2) is 29.5 Å². The molecule has 2 heterocycles. The second-order valence-corrected chi connectivity index (χ2v) is 6.73. The summed E-state index contributed by atoms with van der Waals surface area (Å²) in [6, 6.07) is 4.33. The monoisotopic (exact) mass is 269 g/mol. The molecule has 3 rings (SSSR count). The molecule has 1 aromatic carbocycles. The van der Waals surface area contributed by atoms with Gasteiger partial charge in [0.25, 0.3) is 0 Å². The molecule has 1 aliphatic rings. The fourth-order valence-corrected chi connectivity index (χ4v) is 4.16. The number of nitrogens with zero attached hydrogens (tertiary/aromatic N) is 2. The van der Waals surface area contributed by atoms with E-state index < -0.39 is 15.7 Å². The molecule has 5 nitrogen and oxygen atoms in total. The Morgan fingerprint density at radius 3 is 2.89 bits per heavy atom. The van der Waals surface area contributed by atoms with E-state index in [2.05, 4.69) is 4.98 Å². The number of sulfone groups is 1. The van der Waals surface area contributed by atoms with Crippen molar-refractivity contribution in [3.63, 3.8) is 0 Å². The summed E-state index contributed by atoms with van der Waals surface area (Å²) in [6.45, 7) is 0. The van der Waals surface area contributed by atoms with Crippen molar-refractivity contribution in [1.82, 2.24) is 9.55 Å². The molecule has 1 aliphatic heterocycles. The minimum atomic E-state index is -3.01. The van der Waals surface area contributed by atoms with Crippen LogP contribution in [0, 0.1) is 5.82 Å². The maximum absolute atomic E-state index is 13.6. The van der Waals surface area contributed by atoms with Crippen LogP contribution in [-0.2, 0) is 9.84 Å². The first-order valence-electron chi connectivity index (χ1n) is 5.60. The van der Waals surface area contributed by atoms with E-state index in [0.29, 0.717) is 11.9 Å². The molecule has 18 heavy (non-hydrogen) atoms. The van der Waals surface area contributed by atoms with Gasteiger partial charge in [-0.2, -0.15) is 0 Å². The van der Waals surface area contributed by atoms with Gasteiger partial charge in [-0.15, -0.1) is 0 Å². The Hall–Kier alpha value is -1.63. The van der Waals surface area contributed by atoms with E-state index in [1.165, 1.54) is 6.07 Å². The van der Waals surface area contributed by atoms with Crippen LogP contribution < -0.4 is 5.73 Å². The maximum Gasteiger partial charge on any atom is 0.201 e. The number of benzene rings is 1. The molecule has 1 fully saturated rings. The summed E-state index contributed by atoms with van der Waals surface area (Å²) in [6.07, 6.45) is 0.495. The van der Waals surface area contributed by atoms with E-state index in [1.807, 2.05) is 0 Å². The summed E-state index contributed by atoms with van der Waals surface area (Å²) < 4.78 is 38.2. The lowest BCUT2D eigenvalue weighted by molar-refractivity contribution is 0.575. The smallest absolute Gasteiger partial charge is 0.201 e. The lowest BCUT2D eigenvalue weighted by Crippen LogP contribution is -2.13. The summed E-state index contributed by atoms with van der Waals surface area (Å²) >= 11 is 0. The number of imidazole rings is 1. The molecule has 0 amide bonds. The molecule has 1 saturated heterocycles. The third-order valence-corrected chi connectivity index (χ3v) is 5.02. The Bertz CT molecular complexity index is 723. The highest BCUT2D eigenvalue weighted by Gasteiger charge is 2.31. The highest BCUT2D eigenvalue weighted by atomic mass is 32.2. The van der Waals surface area contributed by atoms with Crippen LogP contribution in [0.25, 0.3) is 11.0 Å². The molecule has 7 heteroatoms. The number of anilines is 1. The number of hydrogen-bond acceptors (Lipinski definition) is 4. The third-order valence-electron chi connectivity index (χ3n) is 3.27. The Morgan fingerprint density at radius 1 is 1.44 bits per heavy atom. The number of para-hydroxylation sites is 1. The molecule has 0 radical (unpaired) electrons. The Labute approximate surface area is 103 Å². The van der Waals surface area contributed by atoms with E-state index in [0.717, 1.165) is 0 Å². The van der Waals surface area contributed by atoms with Gasteiger partial charge in [0, 0.05) is 0 Å². The largest absolute Gasteiger partial charge is 0.369 e. The Kier molecular flexibility index (Phi) is 2.34. The van der Waals surface area contributed by atoms with Gasteiger partial charge >= 0.3 is 0 Å². The van der Waals surface area contributed by atoms with Gasteiger partial charge in [-0.1, -0.05) is 6.07 Å². The summed E-state index contributed by atoms with van der Waals surface area (Å²) in [5.41, 5.74) is 6.53. The molecular weight excluding hydrogens is 257 g/mol. The van der Waals surface area contributed by atoms with Crippen LogP contribution in [0.15, 0.2) is 18.2 Å². The lowest BCUT2D eigenvalue weighted by atomic mass is 10.2. The Balaban J connectivity index is 2.18. The highest BCUT2D eigenvalue weighted by Crippen LogP contribution is 2.31. The average molecular weight is 269 g/mol. The van der Waals surface area contributed by atoms with Crippen molar-refractivity contribution in [3.05, 3.63) is 24.0 Å². The first kappa shape index (κ1) is 11.5. The number of aromatic nitrogens is 2. The van der Waals surface area contributed by atoms with Crippen LogP contribution >= 0.6 is 0 Å². The topological polar surface area (TPSA) is 78.0 Å². The second kappa shape index (κ2) is 3.68. The van der Waals surface area contributed by atoms with Gasteiger partial charge < -0.3 is 10.3 Å². The van der Waals surface area contributed by atoms with E-state index in [4.69, 9.17) is 5.73 Å². The second-order valence-electron chi connectivity index (χ2n) is 4.50. The van der Waals surface area contributed by atoms with Gasteiger partial charge in [0.2, 0.25) is 5.95 Å². The van der Waals surface area contributed by atoms with Crippen molar-refractivity contribution in [2.45, 2.75) is 12.5 Å². The van der Waals surface area contributed by atoms with Crippen molar-refractivity contribution < 1.29 is 12.8 Å². The number of fused-ring (bicyclic) bond motifs is 1. The number of rotatable bonds is 1. The van der Waals surface area contributed by atoms with Gasteiger partial charge in [-0.05, 0) is 18.6 Å². The van der Waals surface area contributed by atoms with Crippen LogP contribution in [0.5, 0.6) is 0 Å². The zero-order chi connectivity index (χ0) is 12.9. The standard InChI is InChI=1S/C11H12FN3O2S/c12-8-2-1-3-9-10(8)14-11(13)15(9)7-4-5-18(16,17)6-7/h1-3,7H,4-6H2,(H2,13,14). The lowest BCUT2D eigenvalue weighted by Gasteiger charge is -2.12. The fraction of sp³-hybridized carbons (Fsp3) is 0.364. The minimum Gasteiger partial charge on any atom is -0.369 e. The maximum atomic E-state index is 13.6. The van der Waals surface area contributed by atoms with Gasteiger partial charge in [0.15, 0.2) is 15.7 Å². The molecule has 0 aliphatic carbocycles. The zero-order valence-corrected chi connectivity index (χ0v) is 10.3. The van der Waals surface area contributed by atoms with Gasteiger partial charge in [-0.25, -0.2) is 17.8 Å². The van der Waals surface area contributed by atoms with E-state index in [1.54, 1.807) is 16.7 Å². The van der Waals surface area contributed by atoms with Crippen molar-refractivity contribution in [2.75, 3.05) is 17.2 Å². The molecule has 0 bridgehead atoms. The van der Waals surface area contributed by atoms with Gasteiger partial charge in [-0.3, -0.25) is 0 Å². The first-order chi connectivity index (χ1) is 8.48. The van der Waals surface area contributed by atoms with Crippen molar-refractivity contribution in [3.8, 4) is 0 Å². The van der Waals surface area contributed by atoms with Crippen LogP contribution in [0.3, 0.4) is 0 Å². The van der Waals surface area contributed by atoms with Gasteiger partial charge in [0.1, 0.15) is 5.52 Å². The van der Waals surface area contributed by atoms with Crippen LogP contribution in [0.2, 0.25) is 0 Å². The highest BCUT2D eigenvalue weighted by molar-refractivity contribution is 7.91. The molecule has 1 aromatic heterocycles. The van der Waals surface area contributed by atoms with E-state index in [-0.39, 0.29) is 29.0 Å². The van der Waals surface area contributed by atoms with Crippen molar-refractivity contribution >= 4 is 26.8 Å². The first-order valence-corrected chi connectivity index (χ1v) is 7.42. The number of hydrogen-bond donors (Lipinski definition) is 1. The van der Waals surface area contributed by atoms with Gasteiger partial charge in [0.05, 0.1) is 23.1 Å². The Morgan fingerprint density at radius 2 is 2.22 bits per heavy atom. The molecule has 2 aromatic rings.